The van der Waals surface area contributed by atoms with Crippen LogP contribution in [-0.2, 0) is 6.54 Å². The van der Waals surface area contributed by atoms with Gasteiger partial charge in [-0.2, -0.15) is 0 Å². The number of piperidine rings is 1. The van der Waals surface area contributed by atoms with Crippen LogP contribution in [0, 0.1) is 0 Å². The molecule has 2 heteroatoms. The zero-order valence-electron chi connectivity index (χ0n) is 8.71. The molecule has 0 unspecified atom stereocenters. The first-order valence-corrected chi connectivity index (χ1v) is 5.53. The minimum Gasteiger partial charge on any atom is -0.372 e. The van der Waals surface area contributed by atoms with Crippen LogP contribution in [0.15, 0.2) is 24.3 Å². The molecule has 0 bridgehead atoms. The second-order valence-corrected chi connectivity index (χ2v) is 3.97. The average molecular weight is 191 g/mol. The quantitative estimate of drug-likeness (QED) is 0.753. The lowest BCUT2D eigenvalue weighted by molar-refractivity contribution is -0.386. The molecule has 76 valence electrons. The number of quaternary nitrogens is 1. The smallest absolute Gasteiger partial charge is 0.0998 e. The molecule has 0 aliphatic carbocycles. The number of hydrogen-bond donors (Lipinski definition) is 1. The van der Waals surface area contributed by atoms with Crippen LogP contribution in [0.5, 0.6) is 0 Å². The van der Waals surface area contributed by atoms with Gasteiger partial charge in [-0.3, -0.25) is 0 Å². The minimum absolute atomic E-state index is 0.891. The van der Waals surface area contributed by atoms with Crippen LogP contribution in [-0.4, -0.2) is 13.1 Å². The number of nitrogens with zero attached hydrogens (tertiary/aromatic N) is 1. The normalized spacial score (nSPS) is 17.1. The van der Waals surface area contributed by atoms with Gasteiger partial charge in [0.2, 0.25) is 0 Å². The van der Waals surface area contributed by atoms with E-state index in [0.29, 0.717) is 0 Å². The summed E-state index contributed by atoms with van der Waals surface area (Å²) in [5.41, 5.74) is 6.64. The topological polar surface area (TPSA) is 30.9 Å². The fourth-order valence-electron chi connectivity index (χ4n) is 2.06. The molecule has 0 saturated carbocycles. The molecule has 1 saturated heterocycles. The third-order valence-electron chi connectivity index (χ3n) is 2.92. The van der Waals surface area contributed by atoms with E-state index in [2.05, 4.69) is 34.9 Å². The predicted octanol–water partition coefficient (Wildman–Crippen LogP) is 1.42. The predicted molar refractivity (Wildman–Crippen MR) is 59.1 cm³/mol. The van der Waals surface area contributed by atoms with Crippen LogP contribution in [0.2, 0.25) is 0 Å². The molecule has 2 rings (SSSR count). The lowest BCUT2D eigenvalue weighted by atomic mass is 10.1. The van der Waals surface area contributed by atoms with Gasteiger partial charge in [-0.05, 0) is 31.4 Å². The number of rotatable bonds is 2. The van der Waals surface area contributed by atoms with E-state index in [9.17, 15) is 0 Å². The summed E-state index contributed by atoms with van der Waals surface area (Å²) in [7, 11) is 0. The van der Waals surface area contributed by atoms with Crippen molar-refractivity contribution in [2.24, 2.45) is 0 Å². The largest absolute Gasteiger partial charge is 0.372 e. The van der Waals surface area contributed by atoms with E-state index in [-0.39, 0.29) is 0 Å². The molecule has 1 aliphatic rings. The van der Waals surface area contributed by atoms with Gasteiger partial charge in [0.1, 0.15) is 0 Å². The molecule has 1 aromatic rings. The van der Waals surface area contributed by atoms with E-state index >= 15 is 0 Å². The first kappa shape index (κ1) is 9.53. The van der Waals surface area contributed by atoms with E-state index < -0.39 is 0 Å². The molecule has 0 spiro atoms. The molecule has 1 aliphatic heterocycles. The van der Waals surface area contributed by atoms with Crippen molar-refractivity contribution in [2.45, 2.75) is 25.8 Å². The van der Waals surface area contributed by atoms with Gasteiger partial charge in [-0.25, -0.2) is 0 Å². The molecular weight excluding hydrogens is 172 g/mol. The summed E-state index contributed by atoms with van der Waals surface area (Å²) in [6.07, 6.45) is 4.08. The third-order valence-corrected chi connectivity index (χ3v) is 2.92. The standard InChI is InChI=1S/C12H18N2/c13-10-11-5-4-6-12(9-11)14-7-2-1-3-8-14/h4-6,9H,1-3,7-8,10,13H2/p+1. The number of anilines is 1. The van der Waals surface area contributed by atoms with Crippen molar-refractivity contribution in [3.05, 3.63) is 29.8 Å². The minimum atomic E-state index is 0.891. The summed E-state index contributed by atoms with van der Waals surface area (Å²) in [6, 6.07) is 8.79. The van der Waals surface area contributed by atoms with Crippen molar-refractivity contribution in [3.8, 4) is 0 Å². The van der Waals surface area contributed by atoms with Gasteiger partial charge in [0, 0.05) is 24.3 Å². The third kappa shape index (κ3) is 2.07. The van der Waals surface area contributed by atoms with Gasteiger partial charge >= 0.3 is 0 Å². The highest BCUT2D eigenvalue weighted by Gasteiger charge is 2.10. The molecule has 1 heterocycles. The highest BCUT2D eigenvalue weighted by molar-refractivity contribution is 5.48. The summed E-state index contributed by atoms with van der Waals surface area (Å²) < 4.78 is 0. The Morgan fingerprint density at radius 2 is 1.93 bits per heavy atom. The molecule has 1 aromatic carbocycles. The second kappa shape index (κ2) is 4.47. The van der Waals surface area contributed by atoms with E-state index in [1.807, 2.05) is 0 Å². The Morgan fingerprint density at radius 3 is 2.64 bits per heavy atom. The van der Waals surface area contributed by atoms with E-state index in [1.165, 1.54) is 43.6 Å². The van der Waals surface area contributed by atoms with Crippen molar-refractivity contribution in [3.63, 3.8) is 0 Å². The fraction of sp³-hybridized carbons (Fsp3) is 0.500. The van der Waals surface area contributed by atoms with Gasteiger partial charge < -0.3 is 10.6 Å². The fourth-order valence-corrected chi connectivity index (χ4v) is 2.06. The van der Waals surface area contributed by atoms with Gasteiger partial charge in [0.25, 0.3) is 0 Å². The number of benzene rings is 1. The first-order chi connectivity index (χ1) is 6.90. The van der Waals surface area contributed by atoms with Crippen LogP contribution in [0.1, 0.15) is 24.8 Å². The molecule has 0 amide bonds. The van der Waals surface area contributed by atoms with Gasteiger partial charge in [-0.1, -0.05) is 12.1 Å². The van der Waals surface area contributed by atoms with Crippen molar-refractivity contribution < 1.29 is 5.73 Å². The molecule has 2 nitrogen and oxygen atoms in total. The van der Waals surface area contributed by atoms with Gasteiger partial charge in [0.15, 0.2) is 0 Å². The molecular formula is C12H19N2+. The zero-order valence-corrected chi connectivity index (χ0v) is 8.71. The maximum atomic E-state index is 3.92. The summed E-state index contributed by atoms with van der Waals surface area (Å²) in [6.45, 7) is 3.34. The Bertz CT molecular complexity index is 290. The lowest BCUT2D eigenvalue weighted by Crippen LogP contribution is -2.47. The molecule has 1 fully saturated rings. The van der Waals surface area contributed by atoms with Gasteiger partial charge in [0.05, 0.1) is 6.54 Å². The first-order valence-electron chi connectivity index (χ1n) is 5.53. The van der Waals surface area contributed by atoms with Crippen LogP contribution >= 0.6 is 0 Å². The van der Waals surface area contributed by atoms with Gasteiger partial charge in [-0.15, -0.1) is 0 Å². The molecule has 14 heavy (non-hydrogen) atoms. The molecule has 0 aromatic heterocycles. The maximum Gasteiger partial charge on any atom is 0.0998 e. The van der Waals surface area contributed by atoms with Crippen LogP contribution in [0.25, 0.3) is 0 Å². The highest BCUT2D eigenvalue weighted by atomic mass is 15.1. The Labute approximate surface area is 85.7 Å². The van der Waals surface area contributed by atoms with Crippen LogP contribution < -0.4 is 10.6 Å². The highest BCUT2D eigenvalue weighted by Crippen LogP contribution is 2.20. The van der Waals surface area contributed by atoms with Crippen LogP contribution in [0.3, 0.4) is 0 Å². The van der Waals surface area contributed by atoms with E-state index in [0.717, 1.165) is 6.54 Å². The zero-order chi connectivity index (χ0) is 9.80. The van der Waals surface area contributed by atoms with E-state index in [4.69, 9.17) is 0 Å². The lowest BCUT2D eigenvalue weighted by Gasteiger charge is -2.28. The summed E-state index contributed by atoms with van der Waals surface area (Å²) in [4.78, 5) is 2.49. The Balaban J connectivity index is 2.13. The Morgan fingerprint density at radius 1 is 1.14 bits per heavy atom. The Hall–Kier alpha value is -1.02. The average Bonchev–Trinajstić information content (AvgIpc) is 2.30. The second-order valence-electron chi connectivity index (χ2n) is 3.97. The molecule has 0 atom stereocenters. The van der Waals surface area contributed by atoms with Crippen molar-refractivity contribution in [2.75, 3.05) is 18.0 Å². The monoisotopic (exact) mass is 191 g/mol. The maximum absolute atomic E-state index is 3.92. The Kier molecular flexibility index (Phi) is 3.04. The molecule has 0 radical (unpaired) electrons. The molecule has 3 N–H and O–H groups in total. The number of hydrogen-bond acceptors (Lipinski definition) is 1. The van der Waals surface area contributed by atoms with Crippen molar-refractivity contribution >= 4 is 5.69 Å². The summed E-state index contributed by atoms with van der Waals surface area (Å²) >= 11 is 0. The SMILES string of the molecule is [NH3+]Cc1cccc(N2CCCCC2)c1. The van der Waals surface area contributed by atoms with E-state index in [1.54, 1.807) is 0 Å². The van der Waals surface area contributed by atoms with Crippen molar-refractivity contribution in [1.82, 2.24) is 0 Å². The van der Waals surface area contributed by atoms with Crippen molar-refractivity contribution in [1.29, 1.82) is 0 Å². The summed E-state index contributed by atoms with van der Waals surface area (Å²) in [5, 5.41) is 0. The van der Waals surface area contributed by atoms with Crippen LogP contribution in [0.4, 0.5) is 5.69 Å². The summed E-state index contributed by atoms with van der Waals surface area (Å²) in [5.74, 6) is 0.